The summed E-state index contributed by atoms with van der Waals surface area (Å²) < 4.78 is 44.7. The van der Waals surface area contributed by atoms with Crippen molar-refractivity contribution in [1.82, 2.24) is 15.2 Å². The van der Waals surface area contributed by atoms with Crippen LogP contribution in [0.2, 0.25) is 0 Å². The van der Waals surface area contributed by atoms with Crippen molar-refractivity contribution >= 4 is 11.7 Å². The Kier molecular flexibility index (Phi) is 7.43. The third kappa shape index (κ3) is 5.20. The average molecular weight is 483 g/mol. The Hall–Kier alpha value is -1.87. The third-order valence-electron chi connectivity index (χ3n) is 8.09. The minimum atomic E-state index is -4.47. The molecule has 3 aliphatic rings. The average Bonchev–Trinajstić information content (AvgIpc) is 3.25. The molecule has 9 heteroatoms. The van der Waals surface area contributed by atoms with Gasteiger partial charge in [-0.15, -0.1) is 0 Å². The van der Waals surface area contributed by atoms with Crippen LogP contribution in [0, 0.1) is 17.3 Å². The van der Waals surface area contributed by atoms with E-state index in [-0.39, 0.29) is 17.2 Å². The second-order valence-corrected chi connectivity index (χ2v) is 10.5. The van der Waals surface area contributed by atoms with Gasteiger partial charge in [0, 0.05) is 44.9 Å². The SMILES string of the molecule is CC(C)C1(C(=O)N2CCN(c3cccc(C(F)(F)F)n3)CC2)CC[C@@H](NC2CCOC[C@H]2C)C1. The van der Waals surface area contributed by atoms with Gasteiger partial charge in [0.15, 0.2) is 0 Å². The second kappa shape index (κ2) is 10.0. The van der Waals surface area contributed by atoms with E-state index >= 15 is 0 Å². The van der Waals surface area contributed by atoms with Crippen LogP contribution in [0.3, 0.4) is 0 Å². The Morgan fingerprint density at radius 1 is 1.21 bits per heavy atom. The number of anilines is 1. The molecule has 3 fully saturated rings. The van der Waals surface area contributed by atoms with Gasteiger partial charge >= 0.3 is 6.18 Å². The Morgan fingerprint density at radius 3 is 2.59 bits per heavy atom. The monoisotopic (exact) mass is 482 g/mol. The van der Waals surface area contributed by atoms with Gasteiger partial charge in [0.25, 0.3) is 0 Å². The molecule has 1 N–H and O–H groups in total. The van der Waals surface area contributed by atoms with Crippen molar-refractivity contribution in [1.29, 1.82) is 0 Å². The molecule has 0 spiro atoms. The number of pyridine rings is 1. The Balaban J connectivity index is 1.38. The van der Waals surface area contributed by atoms with Crippen LogP contribution in [0.25, 0.3) is 0 Å². The van der Waals surface area contributed by atoms with E-state index in [2.05, 4.69) is 31.1 Å². The van der Waals surface area contributed by atoms with Gasteiger partial charge in [-0.25, -0.2) is 4.98 Å². The van der Waals surface area contributed by atoms with Crippen LogP contribution < -0.4 is 10.2 Å². The number of hydrogen-bond donors (Lipinski definition) is 1. The summed E-state index contributed by atoms with van der Waals surface area (Å²) >= 11 is 0. The molecule has 1 aromatic rings. The highest BCUT2D eigenvalue weighted by Gasteiger charge is 2.50. The lowest BCUT2D eigenvalue weighted by atomic mass is 9.74. The number of carbonyl (C=O) groups excluding carboxylic acids is 1. The molecule has 3 heterocycles. The minimum Gasteiger partial charge on any atom is -0.381 e. The van der Waals surface area contributed by atoms with E-state index in [0.717, 1.165) is 45.0 Å². The number of nitrogens with one attached hydrogen (secondary N) is 1. The van der Waals surface area contributed by atoms with Gasteiger partial charge in [-0.3, -0.25) is 4.79 Å². The summed E-state index contributed by atoms with van der Waals surface area (Å²) in [6.45, 7) is 10.0. The highest BCUT2D eigenvalue weighted by atomic mass is 19.4. The first-order valence-electron chi connectivity index (χ1n) is 12.5. The molecule has 1 aliphatic carbocycles. The van der Waals surface area contributed by atoms with Crippen molar-refractivity contribution < 1.29 is 22.7 Å². The quantitative estimate of drug-likeness (QED) is 0.689. The third-order valence-corrected chi connectivity index (χ3v) is 8.09. The summed E-state index contributed by atoms with van der Waals surface area (Å²) in [5, 5.41) is 3.82. The fraction of sp³-hybridized carbons (Fsp3) is 0.760. The van der Waals surface area contributed by atoms with Gasteiger partial charge in [0.2, 0.25) is 5.91 Å². The number of aromatic nitrogens is 1. The highest BCUT2D eigenvalue weighted by Crippen LogP contribution is 2.46. The van der Waals surface area contributed by atoms with Gasteiger partial charge < -0.3 is 19.9 Å². The van der Waals surface area contributed by atoms with E-state index in [1.807, 2.05) is 9.80 Å². The molecule has 2 saturated heterocycles. The number of nitrogens with zero attached hydrogens (tertiary/aromatic N) is 3. The summed E-state index contributed by atoms with van der Waals surface area (Å²) in [6, 6.07) is 4.74. The van der Waals surface area contributed by atoms with Crippen molar-refractivity contribution in [3.63, 3.8) is 0 Å². The van der Waals surface area contributed by atoms with E-state index in [0.29, 0.717) is 50.0 Å². The Bertz CT molecular complexity index is 857. The molecule has 34 heavy (non-hydrogen) atoms. The lowest BCUT2D eigenvalue weighted by Crippen LogP contribution is -2.54. The van der Waals surface area contributed by atoms with Gasteiger partial charge in [-0.05, 0) is 49.7 Å². The first-order valence-corrected chi connectivity index (χ1v) is 12.5. The molecule has 2 unspecified atom stereocenters. The van der Waals surface area contributed by atoms with Gasteiger partial charge in [0.1, 0.15) is 11.5 Å². The number of halogens is 3. The van der Waals surface area contributed by atoms with Crippen LogP contribution in [0.15, 0.2) is 18.2 Å². The molecule has 0 radical (unpaired) electrons. The fourth-order valence-corrected chi connectivity index (χ4v) is 5.82. The van der Waals surface area contributed by atoms with Crippen LogP contribution in [-0.2, 0) is 15.7 Å². The number of piperazine rings is 1. The molecule has 1 saturated carbocycles. The zero-order chi connectivity index (χ0) is 24.5. The van der Waals surface area contributed by atoms with E-state index in [1.165, 1.54) is 6.07 Å². The first-order chi connectivity index (χ1) is 16.1. The maximum Gasteiger partial charge on any atom is 0.433 e. The van der Waals surface area contributed by atoms with E-state index in [4.69, 9.17) is 4.74 Å². The van der Waals surface area contributed by atoms with Crippen LogP contribution in [-0.4, -0.2) is 67.3 Å². The molecule has 1 aromatic heterocycles. The minimum absolute atomic E-state index is 0.198. The Morgan fingerprint density at radius 2 is 1.94 bits per heavy atom. The van der Waals surface area contributed by atoms with Crippen molar-refractivity contribution in [2.24, 2.45) is 17.3 Å². The maximum atomic E-state index is 13.8. The van der Waals surface area contributed by atoms with Gasteiger partial charge in [0.05, 0.1) is 12.0 Å². The molecular formula is C25H37F3N4O2. The zero-order valence-electron chi connectivity index (χ0n) is 20.4. The summed E-state index contributed by atoms with van der Waals surface area (Å²) in [5.41, 5.74) is -1.27. The molecule has 2 aliphatic heterocycles. The number of ether oxygens (including phenoxy) is 1. The van der Waals surface area contributed by atoms with Crippen molar-refractivity contribution in [3.8, 4) is 0 Å². The van der Waals surface area contributed by atoms with Crippen LogP contribution in [0.4, 0.5) is 19.0 Å². The first kappa shape index (κ1) is 25.2. The standard InChI is InChI=1S/C25H37F3N4O2/c1-17(2)24(9-7-19(15-24)29-20-8-14-34-16-18(20)3)23(33)32-12-10-31(11-13-32)22-6-4-5-21(30-22)25(26,27)28/h4-6,17-20,29H,7-16H2,1-3H3/t18-,19-,20?,24?/m1/s1. The lowest BCUT2D eigenvalue weighted by Gasteiger charge is -2.42. The van der Waals surface area contributed by atoms with Crippen LogP contribution >= 0.6 is 0 Å². The number of rotatable bonds is 5. The van der Waals surface area contributed by atoms with Crippen LogP contribution in [0.1, 0.15) is 52.1 Å². The molecule has 190 valence electrons. The molecule has 0 aromatic carbocycles. The summed E-state index contributed by atoms with van der Waals surface area (Å²) in [7, 11) is 0. The number of alkyl halides is 3. The summed E-state index contributed by atoms with van der Waals surface area (Å²) in [5.74, 6) is 1.21. The molecule has 1 amide bonds. The van der Waals surface area contributed by atoms with Crippen molar-refractivity contribution in [2.75, 3.05) is 44.3 Å². The van der Waals surface area contributed by atoms with E-state index in [9.17, 15) is 18.0 Å². The normalized spacial score (nSPS) is 30.7. The zero-order valence-corrected chi connectivity index (χ0v) is 20.4. The molecular weight excluding hydrogens is 445 g/mol. The highest BCUT2D eigenvalue weighted by molar-refractivity contribution is 5.83. The molecule has 6 nitrogen and oxygen atoms in total. The molecule has 0 bridgehead atoms. The number of hydrogen-bond acceptors (Lipinski definition) is 5. The molecule has 4 rings (SSSR count). The lowest BCUT2D eigenvalue weighted by molar-refractivity contribution is -0.145. The number of carbonyl (C=O) groups is 1. The van der Waals surface area contributed by atoms with Crippen LogP contribution in [0.5, 0.6) is 0 Å². The Labute approximate surface area is 200 Å². The van der Waals surface area contributed by atoms with Crippen molar-refractivity contribution in [2.45, 2.75) is 64.7 Å². The molecule has 4 atom stereocenters. The second-order valence-electron chi connectivity index (χ2n) is 10.5. The number of amides is 1. The smallest absolute Gasteiger partial charge is 0.381 e. The summed E-state index contributed by atoms with van der Waals surface area (Å²) in [4.78, 5) is 21.4. The van der Waals surface area contributed by atoms with E-state index < -0.39 is 11.9 Å². The fourth-order valence-electron chi connectivity index (χ4n) is 5.82. The van der Waals surface area contributed by atoms with Gasteiger partial charge in [-0.2, -0.15) is 13.2 Å². The van der Waals surface area contributed by atoms with Crippen molar-refractivity contribution in [3.05, 3.63) is 23.9 Å². The largest absolute Gasteiger partial charge is 0.433 e. The predicted molar refractivity (Wildman–Crippen MR) is 124 cm³/mol. The predicted octanol–water partition coefficient (Wildman–Crippen LogP) is 3.96. The van der Waals surface area contributed by atoms with E-state index in [1.54, 1.807) is 6.07 Å². The summed E-state index contributed by atoms with van der Waals surface area (Å²) in [6.07, 6.45) is -0.766. The van der Waals surface area contributed by atoms with Gasteiger partial charge in [-0.1, -0.05) is 26.8 Å². The topological polar surface area (TPSA) is 57.7 Å². The maximum absolute atomic E-state index is 13.8.